The molecule has 0 aliphatic carbocycles. The first kappa shape index (κ1) is 14.4. The summed E-state index contributed by atoms with van der Waals surface area (Å²) in [5, 5.41) is 0. The van der Waals surface area contributed by atoms with Gasteiger partial charge in [0.05, 0.1) is 0 Å². The number of benzene rings is 1. The first-order valence-electron chi connectivity index (χ1n) is 6.71. The van der Waals surface area contributed by atoms with E-state index in [9.17, 15) is 4.79 Å². The highest BCUT2D eigenvalue weighted by Gasteiger charge is 2.24. The molecule has 1 aromatic rings. The molecule has 1 aromatic carbocycles. The zero-order valence-corrected chi connectivity index (χ0v) is 12.7. The Balaban J connectivity index is 2.01. The molecule has 0 radical (unpaired) electrons. The van der Waals surface area contributed by atoms with Crippen molar-refractivity contribution in [3.05, 3.63) is 29.8 Å². The number of amides is 1. The Morgan fingerprint density at radius 2 is 1.84 bits per heavy atom. The van der Waals surface area contributed by atoms with Crippen LogP contribution < -0.4 is 0 Å². The number of carbonyl (C=O) groups excluding carboxylic acids is 1. The lowest BCUT2D eigenvalue weighted by Crippen LogP contribution is -2.44. The van der Waals surface area contributed by atoms with E-state index in [4.69, 9.17) is 0 Å². The standard InChI is InChI=1S/C15H22N2OS/c1-16-10-8-13(9-11-16)17(2)15(18)12-4-6-14(19-3)7-5-12/h4-7,13H,8-11H2,1-3H3. The molecule has 104 valence electrons. The van der Waals surface area contributed by atoms with Crippen molar-refractivity contribution in [1.29, 1.82) is 0 Å². The molecule has 0 aromatic heterocycles. The SMILES string of the molecule is CSc1ccc(C(=O)N(C)C2CCN(C)CC2)cc1. The van der Waals surface area contributed by atoms with Crippen LogP contribution in [0.1, 0.15) is 23.2 Å². The number of thioether (sulfide) groups is 1. The van der Waals surface area contributed by atoms with Crippen molar-refractivity contribution in [2.45, 2.75) is 23.8 Å². The summed E-state index contributed by atoms with van der Waals surface area (Å²) in [6, 6.07) is 8.27. The van der Waals surface area contributed by atoms with E-state index < -0.39 is 0 Å². The van der Waals surface area contributed by atoms with Crippen molar-refractivity contribution in [2.24, 2.45) is 0 Å². The van der Waals surface area contributed by atoms with Gasteiger partial charge in [0.1, 0.15) is 0 Å². The number of piperidine rings is 1. The van der Waals surface area contributed by atoms with E-state index in [1.165, 1.54) is 4.90 Å². The summed E-state index contributed by atoms with van der Waals surface area (Å²) >= 11 is 1.70. The monoisotopic (exact) mass is 278 g/mol. The topological polar surface area (TPSA) is 23.6 Å². The van der Waals surface area contributed by atoms with Crippen LogP contribution in [-0.2, 0) is 0 Å². The summed E-state index contributed by atoms with van der Waals surface area (Å²) in [5.74, 6) is 0.141. The molecule has 1 saturated heterocycles. The molecule has 0 saturated carbocycles. The minimum atomic E-state index is 0.141. The third-order valence-corrected chi connectivity index (χ3v) is 4.64. The van der Waals surface area contributed by atoms with Gasteiger partial charge in [0, 0.05) is 23.5 Å². The van der Waals surface area contributed by atoms with E-state index >= 15 is 0 Å². The molecule has 1 aliphatic heterocycles. The highest BCUT2D eigenvalue weighted by atomic mass is 32.2. The first-order chi connectivity index (χ1) is 9.11. The van der Waals surface area contributed by atoms with Gasteiger partial charge >= 0.3 is 0 Å². The zero-order valence-electron chi connectivity index (χ0n) is 11.9. The molecule has 0 N–H and O–H groups in total. The van der Waals surface area contributed by atoms with Crippen LogP contribution in [0.4, 0.5) is 0 Å². The van der Waals surface area contributed by atoms with Crippen LogP contribution in [-0.4, -0.2) is 55.2 Å². The summed E-state index contributed by atoms with van der Waals surface area (Å²) in [4.78, 5) is 17.9. The van der Waals surface area contributed by atoms with Crippen molar-refractivity contribution in [3.63, 3.8) is 0 Å². The summed E-state index contributed by atoms with van der Waals surface area (Å²) in [7, 11) is 4.07. The molecule has 1 amide bonds. The Morgan fingerprint density at radius 3 is 2.37 bits per heavy atom. The van der Waals surface area contributed by atoms with E-state index in [0.717, 1.165) is 31.5 Å². The van der Waals surface area contributed by atoms with E-state index in [-0.39, 0.29) is 5.91 Å². The molecular formula is C15H22N2OS. The summed E-state index contributed by atoms with van der Waals surface area (Å²) < 4.78 is 0. The first-order valence-corrected chi connectivity index (χ1v) is 7.94. The lowest BCUT2D eigenvalue weighted by Gasteiger charge is -2.35. The number of hydrogen-bond acceptors (Lipinski definition) is 3. The van der Waals surface area contributed by atoms with E-state index in [1.807, 2.05) is 42.5 Å². The predicted molar refractivity (Wildman–Crippen MR) is 80.8 cm³/mol. The van der Waals surface area contributed by atoms with Gasteiger partial charge in [-0.25, -0.2) is 0 Å². The van der Waals surface area contributed by atoms with Gasteiger partial charge in [0.2, 0.25) is 0 Å². The summed E-state index contributed by atoms with van der Waals surface area (Å²) in [6.45, 7) is 2.15. The quantitative estimate of drug-likeness (QED) is 0.794. The second-order valence-electron chi connectivity index (χ2n) is 5.18. The van der Waals surface area contributed by atoms with Gasteiger partial charge in [-0.05, 0) is 63.5 Å². The molecule has 3 nitrogen and oxygen atoms in total. The van der Waals surface area contributed by atoms with Gasteiger partial charge in [0.25, 0.3) is 5.91 Å². The van der Waals surface area contributed by atoms with Crippen molar-refractivity contribution >= 4 is 17.7 Å². The van der Waals surface area contributed by atoms with Gasteiger partial charge < -0.3 is 9.80 Å². The number of hydrogen-bond donors (Lipinski definition) is 0. The van der Waals surface area contributed by atoms with Gasteiger partial charge in [-0.2, -0.15) is 0 Å². The average Bonchev–Trinajstić information content (AvgIpc) is 2.46. The van der Waals surface area contributed by atoms with E-state index in [1.54, 1.807) is 11.8 Å². The van der Waals surface area contributed by atoms with Crippen molar-refractivity contribution in [3.8, 4) is 0 Å². The number of carbonyl (C=O) groups is 1. The third-order valence-electron chi connectivity index (χ3n) is 3.89. The molecule has 1 fully saturated rings. The lowest BCUT2D eigenvalue weighted by atomic mass is 10.0. The van der Waals surface area contributed by atoms with Crippen LogP contribution in [0.3, 0.4) is 0 Å². The van der Waals surface area contributed by atoms with Crippen LogP contribution >= 0.6 is 11.8 Å². The molecule has 0 spiro atoms. The number of likely N-dealkylation sites (tertiary alicyclic amines) is 1. The zero-order chi connectivity index (χ0) is 13.8. The molecule has 2 rings (SSSR count). The van der Waals surface area contributed by atoms with Crippen LogP contribution in [0, 0.1) is 0 Å². The van der Waals surface area contributed by atoms with Gasteiger partial charge in [-0.3, -0.25) is 4.79 Å². The highest BCUT2D eigenvalue weighted by molar-refractivity contribution is 7.98. The predicted octanol–water partition coefficient (Wildman–Crippen LogP) is 2.57. The van der Waals surface area contributed by atoms with Crippen molar-refractivity contribution in [2.75, 3.05) is 33.4 Å². The van der Waals surface area contributed by atoms with Crippen molar-refractivity contribution < 1.29 is 4.79 Å². The third kappa shape index (κ3) is 3.51. The second kappa shape index (κ2) is 6.44. The molecule has 4 heteroatoms. The Morgan fingerprint density at radius 1 is 1.26 bits per heavy atom. The van der Waals surface area contributed by atoms with E-state index in [2.05, 4.69) is 11.9 Å². The van der Waals surface area contributed by atoms with Gasteiger partial charge in [-0.15, -0.1) is 11.8 Å². The molecule has 19 heavy (non-hydrogen) atoms. The Labute approximate surface area is 120 Å². The Bertz CT molecular complexity index is 424. The fourth-order valence-corrected chi connectivity index (χ4v) is 2.89. The maximum Gasteiger partial charge on any atom is 0.253 e. The molecule has 1 heterocycles. The Hall–Kier alpha value is -1.00. The summed E-state index contributed by atoms with van der Waals surface area (Å²) in [6.07, 6.45) is 4.19. The largest absolute Gasteiger partial charge is 0.339 e. The smallest absolute Gasteiger partial charge is 0.253 e. The second-order valence-corrected chi connectivity index (χ2v) is 6.06. The normalized spacial score (nSPS) is 17.4. The summed E-state index contributed by atoms with van der Waals surface area (Å²) in [5.41, 5.74) is 0.791. The highest BCUT2D eigenvalue weighted by Crippen LogP contribution is 2.19. The van der Waals surface area contributed by atoms with Crippen LogP contribution in [0.25, 0.3) is 0 Å². The number of rotatable bonds is 3. The van der Waals surface area contributed by atoms with Gasteiger partial charge in [0.15, 0.2) is 0 Å². The average molecular weight is 278 g/mol. The van der Waals surface area contributed by atoms with Gasteiger partial charge in [-0.1, -0.05) is 0 Å². The van der Waals surface area contributed by atoms with Crippen molar-refractivity contribution in [1.82, 2.24) is 9.80 Å². The number of nitrogens with zero attached hydrogens (tertiary/aromatic N) is 2. The maximum atomic E-state index is 12.4. The van der Waals surface area contributed by atoms with Crippen LogP contribution in [0.5, 0.6) is 0 Å². The minimum absolute atomic E-state index is 0.141. The fourth-order valence-electron chi connectivity index (χ4n) is 2.49. The van der Waals surface area contributed by atoms with Crippen LogP contribution in [0.2, 0.25) is 0 Å². The lowest BCUT2D eigenvalue weighted by molar-refractivity contribution is 0.0659. The molecule has 0 atom stereocenters. The maximum absolute atomic E-state index is 12.4. The molecule has 1 aliphatic rings. The van der Waals surface area contributed by atoms with E-state index in [0.29, 0.717) is 6.04 Å². The molecule has 0 bridgehead atoms. The Kier molecular flexibility index (Phi) is 4.88. The van der Waals surface area contributed by atoms with Crippen LogP contribution in [0.15, 0.2) is 29.2 Å². The minimum Gasteiger partial charge on any atom is -0.339 e. The molecular weight excluding hydrogens is 256 g/mol. The molecule has 0 unspecified atom stereocenters. The fraction of sp³-hybridized carbons (Fsp3) is 0.533.